The third kappa shape index (κ3) is 2.84. The van der Waals surface area contributed by atoms with Gasteiger partial charge in [0.25, 0.3) is 0 Å². The molecule has 0 aliphatic carbocycles. The van der Waals surface area contributed by atoms with E-state index in [0.717, 1.165) is 30.1 Å². The van der Waals surface area contributed by atoms with Crippen molar-refractivity contribution < 1.29 is 9.53 Å². The van der Waals surface area contributed by atoms with Crippen LogP contribution in [0.5, 0.6) is 0 Å². The maximum atomic E-state index is 12.0. The van der Waals surface area contributed by atoms with Crippen molar-refractivity contribution in [2.45, 2.75) is 32.2 Å². The minimum absolute atomic E-state index is 0.183. The summed E-state index contributed by atoms with van der Waals surface area (Å²) in [5.41, 5.74) is 1.04. The van der Waals surface area contributed by atoms with Gasteiger partial charge >= 0.3 is 0 Å². The third-order valence-corrected chi connectivity index (χ3v) is 4.08. The average molecular weight is 254 g/mol. The number of rotatable bonds is 4. The first-order valence-electron chi connectivity index (χ1n) is 5.93. The standard InChI is InChI=1S/C12H18N2O2S/c1-9-8-17-12(13-9)10-4-3-6-14(10)11(15)5-7-16-2/h8,10H,3-7H2,1-2H3/t10-/m0/s1. The van der Waals surface area contributed by atoms with Crippen LogP contribution in [0.3, 0.4) is 0 Å². The van der Waals surface area contributed by atoms with Gasteiger partial charge in [-0.05, 0) is 19.8 Å². The fraction of sp³-hybridized carbons (Fsp3) is 0.667. The molecule has 5 heteroatoms. The molecule has 0 spiro atoms. The minimum Gasteiger partial charge on any atom is -0.384 e. The summed E-state index contributed by atoms with van der Waals surface area (Å²) in [6.45, 7) is 3.34. The van der Waals surface area contributed by atoms with Crippen LogP contribution in [0.25, 0.3) is 0 Å². The van der Waals surface area contributed by atoms with Crippen LogP contribution in [-0.4, -0.2) is 36.1 Å². The molecule has 1 saturated heterocycles. The van der Waals surface area contributed by atoms with Crippen molar-refractivity contribution in [3.63, 3.8) is 0 Å². The second-order valence-corrected chi connectivity index (χ2v) is 5.20. The van der Waals surface area contributed by atoms with Gasteiger partial charge in [-0.1, -0.05) is 0 Å². The van der Waals surface area contributed by atoms with Crippen LogP contribution in [0.15, 0.2) is 5.38 Å². The van der Waals surface area contributed by atoms with Gasteiger partial charge in [0.05, 0.1) is 19.1 Å². The first-order valence-corrected chi connectivity index (χ1v) is 6.80. The number of hydrogen-bond acceptors (Lipinski definition) is 4. The van der Waals surface area contributed by atoms with Crippen LogP contribution in [0.4, 0.5) is 0 Å². The van der Waals surface area contributed by atoms with Gasteiger partial charge < -0.3 is 9.64 Å². The van der Waals surface area contributed by atoms with Gasteiger partial charge in [0.1, 0.15) is 5.01 Å². The molecule has 0 N–H and O–H groups in total. The molecule has 1 atom stereocenters. The molecule has 0 aromatic carbocycles. The molecule has 1 aromatic heterocycles. The molecular formula is C12H18N2O2S. The molecule has 17 heavy (non-hydrogen) atoms. The quantitative estimate of drug-likeness (QED) is 0.827. The molecule has 1 amide bonds. The van der Waals surface area contributed by atoms with Gasteiger partial charge in [-0.3, -0.25) is 4.79 Å². The molecule has 94 valence electrons. The number of likely N-dealkylation sites (tertiary alicyclic amines) is 1. The van der Waals surface area contributed by atoms with Crippen LogP contribution in [-0.2, 0) is 9.53 Å². The molecule has 4 nitrogen and oxygen atoms in total. The summed E-state index contributed by atoms with van der Waals surface area (Å²) in [5.74, 6) is 0.183. The highest BCUT2D eigenvalue weighted by molar-refractivity contribution is 7.09. The number of ether oxygens (including phenoxy) is 1. The summed E-state index contributed by atoms with van der Waals surface area (Å²) in [6.07, 6.45) is 2.57. The Bertz CT molecular complexity index is 392. The molecule has 0 radical (unpaired) electrons. The number of aromatic nitrogens is 1. The van der Waals surface area contributed by atoms with Crippen LogP contribution < -0.4 is 0 Å². The van der Waals surface area contributed by atoms with Crippen molar-refractivity contribution in [3.8, 4) is 0 Å². The van der Waals surface area contributed by atoms with E-state index in [1.165, 1.54) is 0 Å². The second kappa shape index (κ2) is 5.60. The van der Waals surface area contributed by atoms with Crippen molar-refractivity contribution in [3.05, 3.63) is 16.1 Å². The molecular weight excluding hydrogens is 236 g/mol. The number of amides is 1. The van der Waals surface area contributed by atoms with Crippen molar-refractivity contribution in [1.29, 1.82) is 0 Å². The Morgan fingerprint density at radius 1 is 1.71 bits per heavy atom. The lowest BCUT2D eigenvalue weighted by Gasteiger charge is -2.23. The van der Waals surface area contributed by atoms with Crippen molar-refractivity contribution in [2.24, 2.45) is 0 Å². The lowest BCUT2D eigenvalue weighted by atomic mass is 10.2. The SMILES string of the molecule is COCCC(=O)N1CCC[C@H]1c1nc(C)cs1. The van der Waals surface area contributed by atoms with Crippen molar-refractivity contribution >= 4 is 17.2 Å². The van der Waals surface area contributed by atoms with Crippen LogP contribution in [0.1, 0.15) is 36.0 Å². The largest absolute Gasteiger partial charge is 0.384 e. The van der Waals surface area contributed by atoms with E-state index in [1.54, 1.807) is 18.4 Å². The average Bonchev–Trinajstić information content (AvgIpc) is 2.93. The predicted molar refractivity (Wildman–Crippen MR) is 67.0 cm³/mol. The van der Waals surface area contributed by atoms with Gasteiger partial charge in [0.15, 0.2) is 0 Å². The summed E-state index contributed by atoms with van der Waals surface area (Å²) in [4.78, 5) is 18.5. The maximum Gasteiger partial charge on any atom is 0.225 e. The number of carbonyl (C=O) groups is 1. The number of methoxy groups -OCH3 is 1. The lowest BCUT2D eigenvalue weighted by molar-refractivity contribution is -0.133. The third-order valence-electron chi connectivity index (χ3n) is 3.02. The summed E-state index contributed by atoms with van der Waals surface area (Å²) in [7, 11) is 1.62. The molecule has 1 aromatic rings. The fourth-order valence-electron chi connectivity index (χ4n) is 2.18. The zero-order chi connectivity index (χ0) is 12.3. The Morgan fingerprint density at radius 3 is 3.18 bits per heavy atom. The maximum absolute atomic E-state index is 12.0. The monoisotopic (exact) mass is 254 g/mol. The Kier molecular flexibility index (Phi) is 4.12. The van der Waals surface area contributed by atoms with E-state index in [-0.39, 0.29) is 11.9 Å². The predicted octanol–water partition coefficient (Wildman–Crippen LogP) is 2.15. The fourth-order valence-corrected chi connectivity index (χ4v) is 3.12. The Balaban J connectivity index is 2.04. The molecule has 0 bridgehead atoms. The van der Waals surface area contributed by atoms with Crippen molar-refractivity contribution in [2.75, 3.05) is 20.3 Å². The Labute approximate surface area is 106 Å². The molecule has 0 saturated carbocycles. The number of thiazole rings is 1. The highest BCUT2D eigenvalue weighted by Crippen LogP contribution is 2.33. The molecule has 2 rings (SSSR count). The van der Waals surface area contributed by atoms with E-state index in [1.807, 2.05) is 17.2 Å². The zero-order valence-electron chi connectivity index (χ0n) is 10.3. The van der Waals surface area contributed by atoms with Crippen molar-refractivity contribution in [1.82, 2.24) is 9.88 Å². The summed E-state index contributed by atoms with van der Waals surface area (Å²) < 4.78 is 4.96. The van der Waals surface area contributed by atoms with Gasteiger partial charge in [-0.15, -0.1) is 11.3 Å². The minimum atomic E-state index is 0.183. The molecule has 2 heterocycles. The molecule has 1 aliphatic rings. The Hall–Kier alpha value is -0.940. The molecule has 1 aliphatic heterocycles. The van der Waals surface area contributed by atoms with E-state index >= 15 is 0 Å². The zero-order valence-corrected chi connectivity index (χ0v) is 11.1. The van der Waals surface area contributed by atoms with E-state index < -0.39 is 0 Å². The van der Waals surface area contributed by atoms with E-state index in [0.29, 0.717) is 13.0 Å². The summed E-state index contributed by atoms with van der Waals surface area (Å²) >= 11 is 1.66. The number of aryl methyl sites for hydroxylation is 1. The van der Waals surface area contributed by atoms with Crippen LogP contribution >= 0.6 is 11.3 Å². The summed E-state index contributed by atoms with van der Waals surface area (Å²) in [6, 6.07) is 0.193. The first-order chi connectivity index (χ1) is 8.22. The van der Waals surface area contributed by atoms with Gasteiger partial charge in [0, 0.05) is 24.7 Å². The van der Waals surface area contributed by atoms with Gasteiger partial charge in [-0.2, -0.15) is 0 Å². The lowest BCUT2D eigenvalue weighted by Crippen LogP contribution is -2.31. The van der Waals surface area contributed by atoms with Crippen LogP contribution in [0, 0.1) is 6.92 Å². The van der Waals surface area contributed by atoms with E-state index in [4.69, 9.17) is 4.74 Å². The molecule has 0 unspecified atom stereocenters. The first kappa shape index (κ1) is 12.5. The number of carbonyl (C=O) groups excluding carboxylic acids is 1. The normalized spacial score (nSPS) is 19.9. The smallest absolute Gasteiger partial charge is 0.225 e. The number of hydrogen-bond donors (Lipinski definition) is 0. The highest BCUT2D eigenvalue weighted by atomic mass is 32.1. The highest BCUT2D eigenvalue weighted by Gasteiger charge is 2.31. The van der Waals surface area contributed by atoms with E-state index in [2.05, 4.69) is 4.98 Å². The summed E-state index contributed by atoms with van der Waals surface area (Å²) in [5, 5.41) is 3.12. The Morgan fingerprint density at radius 2 is 2.53 bits per heavy atom. The van der Waals surface area contributed by atoms with Gasteiger partial charge in [0.2, 0.25) is 5.91 Å². The molecule has 1 fully saturated rings. The second-order valence-electron chi connectivity index (χ2n) is 4.32. The van der Waals surface area contributed by atoms with Gasteiger partial charge in [-0.25, -0.2) is 4.98 Å². The van der Waals surface area contributed by atoms with E-state index in [9.17, 15) is 4.79 Å². The topological polar surface area (TPSA) is 42.4 Å². The van der Waals surface area contributed by atoms with Crippen LogP contribution in [0.2, 0.25) is 0 Å². The number of nitrogens with zero attached hydrogens (tertiary/aromatic N) is 2.